The van der Waals surface area contributed by atoms with Gasteiger partial charge in [0.25, 0.3) is 0 Å². The molecule has 1 aromatic carbocycles. The Morgan fingerprint density at radius 1 is 1.15 bits per heavy atom. The third-order valence-corrected chi connectivity index (χ3v) is 4.97. The van der Waals surface area contributed by atoms with Crippen LogP contribution < -0.4 is 5.32 Å². The summed E-state index contributed by atoms with van der Waals surface area (Å²) in [6.45, 7) is 0. The second kappa shape index (κ2) is 6.12. The van der Waals surface area contributed by atoms with Crippen LogP contribution in [0.4, 0.5) is 10.3 Å². The summed E-state index contributed by atoms with van der Waals surface area (Å²) in [5, 5.41) is 7.92. The van der Waals surface area contributed by atoms with Crippen LogP contribution in [-0.2, 0) is 4.79 Å². The Morgan fingerprint density at radius 3 is 2.78 bits per heavy atom. The van der Waals surface area contributed by atoms with Gasteiger partial charge in [0.15, 0.2) is 11.6 Å². The predicted molar refractivity (Wildman–Crippen MR) is 97.3 cm³/mol. The molecule has 27 heavy (non-hydrogen) atoms. The topological polar surface area (TPSA) is 72.7 Å². The van der Waals surface area contributed by atoms with Crippen LogP contribution in [0.2, 0.25) is 0 Å². The number of nitrogens with zero attached hydrogens (tertiary/aromatic N) is 4. The van der Waals surface area contributed by atoms with E-state index in [1.807, 2.05) is 12.1 Å². The van der Waals surface area contributed by atoms with Crippen molar-refractivity contribution >= 4 is 11.7 Å². The third-order valence-electron chi connectivity index (χ3n) is 4.97. The lowest BCUT2D eigenvalue weighted by atomic mass is 9.86. The number of Topliss-reactive ketones (excluding diaryl/α,β-unsaturated/α-hetero) is 1. The Labute approximate surface area is 154 Å². The molecule has 2 aliphatic rings. The third kappa shape index (κ3) is 2.63. The first-order valence-corrected chi connectivity index (χ1v) is 8.86. The predicted octanol–water partition coefficient (Wildman–Crippen LogP) is 3.50. The molecular formula is C20H16FN5O. The summed E-state index contributed by atoms with van der Waals surface area (Å²) >= 11 is 0. The number of rotatable bonds is 2. The lowest BCUT2D eigenvalue weighted by Gasteiger charge is -2.31. The van der Waals surface area contributed by atoms with E-state index in [4.69, 9.17) is 0 Å². The highest BCUT2D eigenvalue weighted by molar-refractivity contribution is 5.99. The SMILES string of the molecule is O=C1CCCC2=C1C(c1cccnc1)n1nc(-c3ccc(F)cc3)nc1N2. The fourth-order valence-electron chi connectivity index (χ4n) is 3.72. The van der Waals surface area contributed by atoms with E-state index in [-0.39, 0.29) is 17.6 Å². The van der Waals surface area contributed by atoms with Crippen LogP contribution in [0.5, 0.6) is 0 Å². The van der Waals surface area contributed by atoms with Gasteiger partial charge in [-0.25, -0.2) is 9.07 Å². The number of carbonyl (C=O) groups is 1. The maximum atomic E-state index is 13.2. The molecule has 5 rings (SSSR count). The summed E-state index contributed by atoms with van der Waals surface area (Å²) < 4.78 is 15.0. The van der Waals surface area contributed by atoms with Crippen molar-refractivity contribution in [2.75, 3.05) is 5.32 Å². The van der Waals surface area contributed by atoms with E-state index in [1.165, 1.54) is 12.1 Å². The van der Waals surface area contributed by atoms with Gasteiger partial charge >= 0.3 is 0 Å². The lowest BCUT2D eigenvalue weighted by molar-refractivity contribution is -0.116. The normalized spacial score (nSPS) is 18.7. The van der Waals surface area contributed by atoms with Crippen LogP contribution in [0, 0.1) is 5.82 Å². The van der Waals surface area contributed by atoms with Gasteiger partial charge in [0.1, 0.15) is 11.9 Å². The minimum atomic E-state index is -0.362. The number of aromatic nitrogens is 4. The summed E-state index contributed by atoms with van der Waals surface area (Å²) in [7, 11) is 0. The van der Waals surface area contributed by atoms with E-state index in [0.717, 1.165) is 29.7 Å². The van der Waals surface area contributed by atoms with Crippen molar-refractivity contribution in [3.8, 4) is 11.4 Å². The monoisotopic (exact) mass is 361 g/mol. The molecule has 0 spiro atoms. The standard InChI is InChI=1S/C20H16FN5O/c21-14-8-6-12(7-9-14)19-24-20-23-15-4-1-5-16(27)17(15)18(26(20)25-19)13-3-2-10-22-11-13/h2-3,6-11,18H,1,4-5H2,(H,23,24,25). The van der Waals surface area contributed by atoms with Crippen molar-refractivity contribution in [2.24, 2.45) is 0 Å². The van der Waals surface area contributed by atoms with Gasteiger partial charge in [0.2, 0.25) is 5.95 Å². The number of halogens is 1. The molecule has 0 saturated heterocycles. The zero-order chi connectivity index (χ0) is 18.4. The van der Waals surface area contributed by atoms with Gasteiger partial charge in [-0.1, -0.05) is 6.07 Å². The van der Waals surface area contributed by atoms with Crippen molar-refractivity contribution in [3.63, 3.8) is 0 Å². The molecule has 0 amide bonds. The highest BCUT2D eigenvalue weighted by Crippen LogP contribution is 2.40. The molecule has 0 radical (unpaired) electrons. The zero-order valence-corrected chi connectivity index (χ0v) is 14.4. The molecule has 1 N–H and O–H groups in total. The maximum Gasteiger partial charge on any atom is 0.226 e. The number of hydrogen-bond donors (Lipinski definition) is 1. The largest absolute Gasteiger partial charge is 0.328 e. The van der Waals surface area contributed by atoms with E-state index in [9.17, 15) is 9.18 Å². The van der Waals surface area contributed by atoms with Crippen LogP contribution in [0.3, 0.4) is 0 Å². The molecular weight excluding hydrogens is 345 g/mol. The number of anilines is 1. The van der Waals surface area contributed by atoms with Crippen molar-refractivity contribution in [2.45, 2.75) is 25.3 Å². The van der Waals surface area contributed by atoms with Gasteiger partial charge in [-0.05, 0) is 48.7 Å². The second-order valence-corrected chi connectivity index (χ2v) is 6.69. The van der Waals surface area contributed by atoms with E-state index in [1.54, 1.807) is 29.2 Å². The van der Waals surface area contributed by atoms with Gasteiger partial charge in [-0.15, -0.1) is 5.10 Å². The van der Waals surface area contributed by atoms with Crippen molar-refractivity contribution in [3.05, 3.63) is 71.4 Å². The average molecular weight is 361 g/mol. The molecule has 6 nitrogen and oxygen atoms in total. The summed E-state index contributed by atoms with van der Waals surface area (Å²) in [5.74, 6) is 0.884. The number of benzene rings is 1. The van der Waals surface area contributed by atoms with E-state index in [2.05, 4.69) is 20.4 Å². The Hall–Kier alpha value is -3.35. The van der Waals surface area contributed by atoms with Crippen LogP contribution >= 0.6 is 0 Å². The fourth-order valence-corrected chi connectivity index (χ4v) is 3.72. The van der Waals surface area contributed by atoms with Crippen LogP contribution in [0.25, 0.3) is 11.4 Å². The molecule has 3 aromatic rings. The average Bonchev–Trinajstić information content (AvgIpc) is 3.11. The number of pyridine rings is 1. The summed E-state index contributed by atoms with van der Waals surface area (Å²) in [6.07, 6.45) is 5.62. The quantitative estimate of drug-likeness (QED) is 0.756. The van der Waals surface area contributed by atoms with Crippen molar-refractivity contribution in [1.29, 1.82) is 0 Å². The minimum Gasteiger partial charge on any atom is -0.328 e. The summed E-state index contributed by atoms with van der Waals surface area (Å²) in [5.41, 5.74) is 3.25. The molecule has 134 valence electrons. The van der Waals surface area contributed by atoms with Gasteiger partial charge < -0.3 is 5.32 Å². The molecule has 7 heteroatoms. The molecule has 0 saturated carbocycles. The molecule has 0 bridgehead atoms. The van der Waals surface area contributed by atoms with Crippen LogP contribution in [0.15, 0.2) is 60.1 Å². The van der Waals surface area contributed by atoms with Gasteiger partial charge in [0.05, 0.1) is 0 Å². The Morgan fingerprint density at radius 2 is 2.00 bits per heavy atom. The summed E-state index contributed by atoms with van der Waals surface area (Å²) in [4.78, 5) is 21.5. The number of allylic oxidation sites excluding steroid dienone is 2. The Bertz CT molecular complexity index is 1060. The molecule has 1 unspecified atom stereocenters. The first-order valence-electron chi connectivity index (χ1n) is 8.86. The second-order valence-electron chi connectivity index (χ2n) is 6.69. The highest BCUT2D eigenvalue weighted by Gasteiger charge is 2.36. The van der Waals surface area contributed by atoms with Gasteiger partial charge in [0, 0.05) is 35.6 Å². The Kier molecular flexibility index (Phi) is 3.60. The molecule has 3 heterocycles. The molecule has 1 aliphatic heterocycles. The van der Waals surface area contributed by atoms with E-state index < -0.39 is 0 Å². The Balaban J connectivity index is 1.67. The molecule has 1 atom stereocenters. The van der Waals surface area contributed by atoms with Crippen LogP contribution in [-0.4, -0.2) is 25.5 Å². The molecule has 2 aromatic heterocycles. The maximum absolute atomic E-state index is 13.2. The van der Waals surface area contributed by atoms with Gasteiger partial charge in [-0.3, -0.25) is 9.78 Å². The van der Waals surface area contributed by atoms with E-state index >= 15 is 0 Å². The van der Waals surface area contributed by atoms with E-state index in [0.29, 0.717) is 23.8 Å². The molecule has 1 aliphatic carbocycles. The molecule has 0 fully saturated rings. The lowest BCUT2D eigenvalue weighted by Crippen LogP contribution is -2.31. The summed E-state index contributed by atoms with van der Waals surface area (Å²) in [6, 6.07) is 9.49. The number of nitrogens with one attached hydrogen (secondary N) is 1. The number of carbonyl (C=O) groups excluding carboxylic acids is 1. The van der Waals surface area contributed by atoms with Crippen molar-refractivity contribution in [1.82, 2.24) is 19.7 Å². The highest BCUT2D eigenvalue weighted by atomic mass is 19.1. The minimum absolute atomic E-state index is 0.127. The zero-order valence-electron chi connectivity index (χ0n) is 14.4. The number of fused-ring (bicyclic) bond motifs is 1. The first-order chi connectivity index (χ1) is 13.2. The van der Waals surface area contributed by atoms with Crippen molar-refractivity contribution < 1.29 is 9.18 Å². The smallest absolute Gasteiger partial charge is 0.226 e. The fraction of sp³-hybridized carbons (Fsp3) is 0.200. The first kappa shape index (κ1) is 15.9. The van der Waals surface area contributed by atoms with Crippen LogP contribution in [0.1, 0.15) is 30.9 Å². The van der Waals surface area contributed by atoms with Gasteiger partial charge in [-0.2, -0.15) is 4.98 Å². The number of ketones is 1. The number of hydrogen-bond acceptors (Lipinski definition) is 5.